The molecule has 1 saturated heterocycles. The molecule has 0 N–H and O–H groups in total. The van der Waals surface area contributed by atoms with Crippen LogP contribution < -0.4 is 9.47 Å². The number of likely N-dealkylation sites (tertiary alicyclic amines) is 1. The zero-order valence-electron chi connectivity index (χ0n) is 14.4. The lowest BCUT2D eigenvalue weighted by Crippen LogP contribution is -2.43. The Balaban J connectivity index is 2.06. The van der Waals surface area contributed by atoms with E-state index in [-0.39, 0.29) is 5.91 Å². The van der Waals surface area contributed by atoms with Crippen LogP contribution in [0.25, 0.3) is 6.08 Å². The second kappa shape index (κ2) is 8.02. The molecule has 0 aromatic heterocycles. The summed E-state index contributed by atoms with van der Waals surface area (Å²) in [4.78, 5) is 16.5. The Kier molecular flexibility index (Phi) is 6.04. The number of likely N-dealkylation sites (N-methyl/N-ethyl adjacent to an activating group) is 1. The van der Waals surface area contributed by atoms with E-state index in [1.807, 2.05) is 30.1 Å². The Morgan fingerprint density at radius 2 is 1.96 bits per heavy atom. The Morgan fingerprint density at radius 3 is 2.57 bits per heavy atom. The van der Waals surface area contributed by atoms with Crippen LogP contribution in [0.3, 0.4) is 0 Å². The van der Waals surface area contributed by atoms with E-state index in [4.69, 9.17) is 9.47 Å². The molecule has 0 spiro atoms. The van der Waals surface area contributed by atoms with Gasteiger partial charge in [0, 0.05) is 24.7 Å². The van der Waals surface area contributed by atoms with Crippen molar-refractivity contribution in [1.82, 2.24) is 9.80 Å². The third-order valence-electron chi connectivity index (χ3n) is 4.42. The van der Waals surface area contributed by atoms with Crippen molar-refractivity contribution in [3.05, 3.63) is 29.8 Å². The van der Waals surface area contributed by atoms with Gasteiger partial charge in [-0.15, -0.1) is 0 Å². The van der Waals surface area contributed by atoms with Crippen LogP contribution in [0.2, 0.25) is 0 Å². The number of para-hydroxylation sites is 1. The number of hydrogen-bond acceptors (Lipinski definition) is 4. The number of rotatable bonds is 5. The Morgan fingerprint density at radius 1 is 1.26 bits per heavy atom. The second-order valence-electron chi connectivity index (χ2n) is 5.90. The number of methoxy groups -OCH3 is 2. The Bertz CT molecular complexity index is 563. The highest BCUT2D eigenvalue weighted by atomic mass is 16.5. The van der Waals surface area contributed by atoms with Gasteiger partial charge >= 0.3 is 0 Å². The van der Waals surface area contributed by atoms with Gasteiger partial charge in [0.15, 0.2) is 11.5 Å². The molecule has 5 heteroatoms. The number of piperidine rings is 1. The number of nitrogens with zero attached hydrogens (tertiary/aromatic N) is 2. The van der Waals surface area contributed by atoms with Crippen LogP contribution in [0.1, 0.15) is 18.4 Å². The van der Waals surface area contributed by atoms with E-state index in [1.165, 1.54) is 0 Å². The van der Waals surface area contributed by atoms with Crippen molar-refractivity contribution in [1.29, 1.82) is 0 Å². The highest BCUT2D eigenvalue weighted by Crippen LogP contribution is 2.31. The van der Waals surface area contributed by atoms with Crippen molar-refractivity contribution in [2.45, 2.75) is 18.9 Å². The molecule has 0 saturated carbocycles. The third kappa shape index (κ3) is 4.26. The van der Waals surface area contributed by atoms with Gasteiger partial charge in [-0.05, 0) is 45.1 Å². The summed E-state index contributed by atoms with van der Waals surface area (Å²) in [6.07, 6.45) is 5.44. The zero-order chi connectivity index (χ0) is 16.8. The van der Waals surface area contributed by atoms with Crippen molar-refractivity contribution < 1.29 is 14.3 Å². The average Bonchev–Trinajstić information content (AvgIpc) is 2.59. The van der Waals surface area contributed by atoms with E-state index in [9.17, 15) is 4.79 Å². The van der Waals surface area contributed by atoms with Gasteiger partial charge in [-0.1, -0.05) is 12.1 Å². The summed E-state index contributed by atoms with van der Waals surface area (Å²) in [6, 6.07) is 5.94. The highest BCUT2D eigenvalue weighted by Gasteiger charge is 2.22. The average molecular weight is 318 g/mol. The molecule has 1 aromatic carbocycles. The molecule has 2 rings (SSSR count). The maximum absolute atomic E-state index is 12.4. The summed E-state index contributed by atoms with van der Waals surface area (Å²) in [5.74, 6) is 1.32. The molecule has 1 aliphatic rings. The van der Waals surface area contributed by atoms with Gasteiger partial charge in [0.25, 0.3) is 0 Å². The van der Waals surface area contributed by atoms with E-state index in [2.05, 4.69) is 11.9 Å². The summed E-state index contributed by atoms with van der Waals surface area (Å²) in [5, 5.41) is 0. The van der Waals surface area contributed by atoms with Crippen LogP contribution in [-0.2, 0) is 4.79 Å². The molecular formula is C18H26N2O3. The van der Waals surface area contributed by atoms with Gasteiger partial charge in [-0.25, -0.2) is 0 Å². The van der Waals surface area contributed by atoms with Crippen molar-refractivity contribution in [2.24, 2.45) is 0 Å². The zero-order valence-corrected chi connectivity index (χ0v) is 14.4. The summed E-state index contributed by atoms with van der Waals surface area (Å²) < 4.78 is 10.7. The summed E-state index contributed by atoms with van der Waals surface area (Å²) in [5.41, 5.74) is 0.831. The molecule has 1 amide bonds. The minimum atomic E-state index is 0.0180. The minimum absolute atomic E-state index is 0.0180. The SMILES string of the molecule is COc1cccc(C=CC(=O)N(C)C2CCN(C)CC2)c1OC. The lowest BCUT2D eigenvalue weighted by Gasteiger charge is -2.34. The fourth-order valence-corrected chi connectivity index (χ4v) is 2.88. The molecule has 1 aromatic rings. The fourth-order valence-electron chi connectivity index (χ4n) is 2.88. The summed E-state index contributed by atoms with van der Waals surface area (Å²) >= 11 is 0. The number of ether oxygens (including phenoxy) is 2. The molecule has 1 aliphatic heterocycles. The van der Waals surface area contributed by atoms with Gasteiger partial charge in [0.05, 0.1) is 14.2 Å². The maximum Gasteiger partial charge on any atom is 0.246 e. The minimum Gasteiger partial charge on any atom is -0.493 e. The van der Waals surface area contributed by atoms with E-state index in [1.54, 1.807) is 26.4 Å². The standard InChI is InChI=1S/C18H26N2O3/c1-19-12-10-15(11-13-19)20(2)17(21)9-8-14-6-5-7-16(22-3)18(14)23-4/h5-9,15H,10-13H2,1-4H3. The number of carbonyl (C=O) groups is 1. The Hall–Kier alpha value is -2.01. The lowest BCUT2D eigenvalue weighted by molar-refractivity contribution is -0.127. The first-order chi connectivity index (χ1) is 11.1. The first kappa shape index (κ1) is 17.3. The molecule has 0 bridgehead atoms. The third-order valence-corrected chi connectivity index (χ3v) is 4.42. The number of hydrogen-bond donors (Lipinski definition) is 0. The van der Waals surface area contributed by atoms with Crippen LogP contribution in [0.15, 0.2) is 24.3 Å². The molecule has 1 fully saturated rings. The number of carbonyl (C=O) groups excluding carboxylic acids is 1. The van der Waals surface area contributed by atoms with Crippen molar-refractivity contribution >= 4 is 12.0 Å². The first-order valence-corrected chi connectivity index (χ1v) is 7.91. The van der Waals surface area contributed by atoms with Crippen LogP contribution >= 0.6 is 0 Å². The van der Waals surface area contributed by atoms with Crippen LogP contribution in [-0.4, -0.2) is 63.2 Å². The predicted molar refractivity (Wildman–Crippen MR) is 91.9 cm³/mol. The molecule has 5 nitrogen and oxygen atoms in total. The van der Waals surface area contributed by atoms with Crippen molar-refractivity contribution in [2.75, 3.05) is 41.4 Å². The quantitative estimate of drug-likeness (QED) is 0.781. The molecule has 0 atom stereocenters. The molecular weight excluding hydrogens is 292 g/mol. The smallest absolute Gasteiger partial charge is 0.246 e. The molecule has 0 aliphatic carbocycles. The molecule has 126 valence electrons. The predicted octanol–water partition coefficient (Wildman–Crippen LogP) is 2.27. The molecule has 1 heterocycles. The van der Waals surface area contributed by atoms with Crippen LogP contribution in [0.4, 0.5) is 0 Å². The second-order valence-corrected chi connectivity index (χ2v) is 5.90. The number of benzene rings is 1. The normalized spacial score (nSPS) is 16.5. The van der Waals surface area contributed by atoms with Crippen LogP contribution in [0.5, 0.6) is 11.5 Å². The van der Waals surface area contributed by atoms with Crippen molar-refractivity contribution in [3.63, 3.8) is 0 Å². The van der Waals surface area contributed by atoms with Gasteiger partial charge in [-0.3, -0.25) is 4.79 Å². The Labute approximate surface area is 138 Å². The van der Waals surface area contributed by atoms with E-state index in [0.29, 0.717) is 17.5 Å². The number of amides is 1. The van der Waals surface area contributed by atoms with Gasteiger partial charge < -0.3 is 19.3 Å². The van der Waals surface area contributed by atoms with Gasteiger partial charge in [0.2, 0.25) is 5.91 Å². The summed E-state index contributed by atoms with van der Waals surface area (Å²) in [7, 11) is 7.20. The molecule has 23 heavy (non-hydrogen) atoms. The van der Waals surface area contributed by atoms with E-state index < -0.39 is 0 Å². The van der Waals surface area contributed by atoms with Crippen molar-refractivity contribution in [3.8, 4) is 11.5 Å². The van der Waals surface area contributed by atoms with E-state index in [0.717, 1.165) is 31.5 Å². The highest BCUT2D eigenvalue weighted by molar-refractivity contribution is 5.92. The van der Waals surface area contributed by atoms with Gasteiger partial charge in [-0.2, -0.15) is 0 Å². The largest absolute Gasteiger partial charge is 0.493 e. The van der Waals surface area contributed by atoms with E-state index >= 15 is 0 Å². The lowest BCUT2D eigenvalue weighted by atomic mass is 10.0. The first-order valence-electron chi connectivity index (χ1n) is 7.91. The monoisotopic (exact) mass is 318 g/mol. The van der Waals surface area contributed by atoms with Gasteiger partial charge in [0.1, 0.15) is 0 Å². The summed E-state index contributed by atoms with van der Waals surface area (Å²) in [6.45, 7) is 2.07. The maximum atomic E-state index is 12.4. The molecule has 0 radical (unpaired) electrons. The topological polar surface area (TPSA) is 42.0 Å². The molecule has 0 unspecified atom stereocenters. The fraction of sp³-hybridized carbons (Fsp3) is 0.500. The van der Waals surface area contributed by atoms with Crippen LogP contribution in [0, 0.1) is 0 Å².